The van der Waals surface area contributed by atoms with Crippen molar-refractivity contribution >= 4 is 17.7 Å². The van der Waals surface area contributed by atoms with Crippen molar-refractivity contribution in [1.82, 2.24) is 5.32 Å². The molecule has 0 atom stereocenters. The molecule has 0 fully saturated rings. The van der Waals surface area contributed by atoms with Gasteiger partial charge in [-0.15, -0.1) is 0 Å². The number of amides is 1. The van der Waals surface area contributed by atoms with Crippen molar-refractivity contribution in [3.63, 3.8) is 0 Å². The Labute approximate surface area is 103 Å². The minimum absolute atomic E-state index is 0.0122. The quantitative estimate of drug-likeness (QED) is 0.779. The molecule has 3 nitrogen and oxygen atoms in total. The summed E-state index contributed by atoms with van der Waals surface area (Å²) in [6.07, 6.45) is 3.14. The van der Waals surface area contributed by atoms with Crippen molar-refractivity contribution in [3.05, 3.63) is 0 Å². The molecule has 0 aromatic heterocycles. The predicted molar refractivity (Wildman–Crippen MR) is 69.2 cm³/mol. The first-order valence-electron chi connectivity index (χ1n) is 5.62. The van der Waals surface area contributed by atoms with Gasteiger partial charge in [0.15, 0.2) is 0 Å². The highest BCUT2D eigenvalue weighted by Crippen LogP contribution is 2.26. The first kappa shape index (κ1) is 15.3. The molecule has 16 heavy (non-hydrogen) atoms. The second-order valence-corrected chi connectivity index (χ2v) is 6.06. The summed E-state index contributed by atoms with van der Waals surface area (Å²) in [7, 11) is 0. The minimum Gasteiger partial charge on any atom is -0.353 e. The van der Waals surface area contributed by atoms with E-state index in [1.165, 1.54) is 0 Å². The van der Waals surface area contributed by atoms with Gasteiger partial charge in [0, 0.05) is 11.3 Å². The molecular weight excluding hydrogens is 220 g/mol. The standard InChI is InChI=1S/C12H22N2OS/c1-6-12(7-2,8-13)10(15)14-9-11(3,4)16-5/h6-7,9H2,1-5H3,(H,14,15). The summed E-state index contributed by atoms with van der Waals surface area (Å²) < 4.78 is 0.0122. The molecule has 92 valence electrons. The number of carbonyl (C=O) groups excluding carboxylic acids is 1. The van der Waals surface area contributed by atoms with E-state index in [0.717, 1.165) is 0 Å². The van der Waals surface area contributed by atoms with Gasteiger partial charge in [-0.3, -0.25) is 4.79 Å². The minimum atomic E-state index is -0.853. The number of thioether (sulfide) groups is 1. The summed E-state index contributed by atoms with van der Waals surface area (Å²) in [5.41, 5.74) is -0.853. The number of carbonyl (C=O) groups is 1. The van der Waals surface area contributed by atoms with E-state index in [1.807, 2.05) is 20.1 Å². The fourth-order valence-corrected chi connectivity index (χ4v) is 1.53. The van der Waals surface area contributed by atoms with Gasteiger partial charge in [0.1, 0.15) is 5.41 Å². The van der Waals surface area contributed by atoms with Crippen LogP contribution in [-0.2, 0) is 4.79 Å². The molecule has 0 aromatic carbocycles. The summed E-state index contributed by atoms with van der Waals surface area (Å²) in [4.78, 5) is 12.0. The summed E-state index contributed by atoms with van der Waals surface area (Å²) >= 11 is 1.70. The zero-order chi connectivity index (χ0) is 12.8. The van der Waals surface area contributed by atoms with Crippen LogP contribution in [0.5, 0.6) is 0 Å². The fourth-order valence-electron chi connectivity index (χ4n) is 1.31. The molecule has 0 spiro atoms. The van der Waals surface area contributed by atoms with Crippen LogP contribution < -0.4 is 5.32 Å². The molecule has 0 aliphatic rings. The van der Waals surface area contributed by atoms with E-state index in [4.69, 9.17) is 5.26 Å². The van der Waals surface area contributed by atoms with Gasteiger partial charge in [0.25, 0.3) is 0 Å². The van der Waals surface area contributed by atoms with Crippen molar-refractivity contribution in [1.29, 1.82) is 5.26 Å². The lowest BCUT2D eigenvalue weighted by Crippen LogP contribution is -2.44. The third-order valence-electron chi connectivity index (χ3n) is 3.08. The molecule has 0 radical (unpaired) electrons. The van der Waals surface area contributed by atoms with Gasteiger partial charge in [0.2, 0.25) is 5.91 Å². The van der Waals surface area contributed by atoms with Crippen LogP contribution in [0.25, 0.3) is 0 Å². The summed E-state index contributed by atoms with van der Waals surface area (Å²) in [5, 5.41) is 12.0. The van der Waals surface area contributed by atoms with Gasteiger partial charge in [-0.05, 0) is 32.9 Å². The first-order valence-corrected chi connectivity index (χ1v) is 6.84. The largest absolute Gasteiger partial charge is 0.353 e. The molecule has 0 unspecified atom stereocenters. The van der Waals surface area contributed by atoms with Crippen molar-refractivity contribution in [2.75, 3.05) is 12.8 Å². The van der Waals surface area contributed by atoms with E-state index >= 15 is 0 Å². The molecule has 0 aliphatic heterocycles. The van der Waals surface area contributed by atoms with Crippen LogP contribution in [0.2, 0.25) is 0 Å². The molecule has 0 heterocycles. The van der Waals surface area contributed by atoms with Crippen molar-refractivity contribution in [2.45, 2.75) is 45.3 Å². The van der Waals surface area contributed by atoms with Gasteiger partial charge < -0.3 is 5.32 Å². The lowest BCUT2D eigenvalue weighted by molar-refractivity contribution is -0.128. The highest BCUT2D eigenvalue weighted by molar-refractivity contribution is 7.99. The highest BCUT2D eigenvalue weighted by atomic mass is 32.2. The molecule has 1 N–H and O–H groups in total. The van der Waals surface area contributed by atoms with Crippen LogP contribution >= 0.6 is 11.8 Å². The number of rotatable bonds is 6. The molecule has 0 saturated heterocycles. The Morgan fingerprint density at radius 3 is 2.19 bits per heavy atom. The Balaban J connectivity index is 4.52. The molecule has 0 aromatic rings. The summed E-state index contributed by atoms with van der Waals surface area (Å²) in [5.74, 6) is -0.137. The molecule has 4 heteroatoms. The summed E-state index contributed by atoms with van der Waals surface area (Å²) in [6.45, 7) is 8.50. The van der Waals surface area contributed by atoms with Crippen LogP contribution in [0.15, 0.2) is 0 Å². The number of nitrogens with zero attached hydrogens (tertiary/aromatic N) is 1. The van der Waals surface area contributed by atoms with E-state index in [-0.39, 0.29) is 10.7 Å². The van der Waals surface area contributed by atoms with Crippen molar-refractivity contribution in [3.8, 4) is 6.07 Å². The maximum atomic E-state index is 12.0. The van der Waals surface area contributed by atoms with Crippen LogP contribution in [-0.4, -0.2) is 23.5 Å². The van der Waals surface area contributed by atoms with Gasteiger partial charge in [-0.1, -0.05) is 13.8 Å². The van der Waals surface area contributed by atoms with Crippen molar-refractivity contribution < 1.29 is 4.79 Å². The van der Waals surface area contributed by atoms with E-state index in [2.05, 4.69) is 25.2 Å². The maximum absolute atomic E-state index is 12.0. The van der Waals surface area contributed by atoms with Crippen LogP contribution in [0.3, 0.4) is 0 Å². The predicted octanol–water partition coefficient (Wildman–Crippen LogP) is 2.57. The normalized spacial score (nSPS) is 12.0. The SMILES string of the molecule is CCC(C#N)(CC)C(=O)NCC(C)(C)SC. The topological polar surface area (TPSA) is 52.9 Å². The zero-order valence-corrected chi connectivity index (χ0v) is 11.7. The molecule has 0 rings (SSSR count). The van der Waals surface area contributed by atoms with Crippen LogP contribution in [0.1, 0.15) is 40.5 Å². The van der Waals surface area contributed by atoms with Gasteiger partial charge in [-0.2, -0.15) is 17.0 Å². The summed E-state index contributed by atoms with van der Waals surface area (Å²) in [6, 6.07) is 2.15. The number of hydrogen-bond acceptors (Lipinski definition) is 3. The Bertz CT molecular complexity index is 277. The monoisotopic (exact) mass is 242 g/mol. The van der Waals surface area contributed by atoms with Gasteiger partial charge in [0.05, 0.1) is 6.07 Å². The molecule has 0 aliphatic carbocycles. The zero-order valence-electron chi connectivity index (χ0n) is 10.9. The van der Waals surface area contributed by atoms with E-state index in [9.17, 15) is 4.79 Å². The number of hydrogen-bond donors (Lipinski definition) is 1. The third kappa shape index (κ3) is 3.71. The fraction of sp³-hybridized carbons (Fsp3) is 0.833. The van der Waals surface area contributed by atoms with E-state index < -0.39 is 5.41 Å². The average Bonchev–Trinajstić information content (AvgIpc) is 2.29. The Hall–Kier alpha value is -0.690. The second-order valence-electron chi connectivity index (χ2n) is 4.55. The maximum Gasteiger partial charge on any atom is 0.240 e. The Morgan fingerprint density at radius 1 is 1.38 bits per heavy atom. The van der Waals surface area contributed by atoms with Crippen molar-refractivity contribution in [2.24, 2.45) is 5.41 Å². The first-order chi connectivity index (χ1) is 7.37. The van der Waals surface area contributed by atoms with Gasteiger partial charge >= 0.3 is 0 Å². The van der Waals surface area contributed by atoms with Crippen LogP contribution in [0.4, 0.5) is 0 Å². The van der Waals surface area contributed by atoms with Gasteiger partial charge in [-0.25, -0.2) is 0 Å². The van der Waals surface area contributed by atoms with E-state index in [1.54, 1.807) is 11.8 Å². The lowest BCUT2D eigenvalue weighted by Gasteiger charge is -2.27. The number of nitrogens with one attached hydrogen (secondary N) is 1. The molecular formula is C12H22N2OS. The van der Waals surface area contributed by atoms with Crippen LogP contribution in [0, 0.1) is 16.7 Å². The molecule has 0 saturated carbocycles. The second kappa shape index (κ2) is 6.15. The average molecular weight is 242 g/mol. The molecule has 1 amide bonds. The Kier molecular flexibility index (Phi) is 5.88. The highest BCUT2D eigenvalue weighted by Gasteiger charge is 2.35. The lowest BCUT2D eigenvalue weighted by atomic mass is 9.83. The smallest absolute Gasteiger partial charge is 0.240 e. The third-order valence-corrected chi connectivity index (χ3v) is 4.33. The van der Waals surface area contributed by atoms with E-state index in [0.29, 0.717) is 19.4 Å². The molecule has 0 bridgehead atoms. The number of nitriles is 1. The Morgan fingerprint density at radius 2 is 1.88 bits per heavy atom.